The van der Waals surface area contributed by atoms with Crippen LogP contribution in [0.3, 0.4) is 0 Å². The van der Waals surface area contributed by atoms with Gasteiger partial charge in [0.15, 0.2) is 12.4 Å². The number of amides is 1. The summed E-state index contributed by atoms with van der Waals surface area (Å²) in [4.78, 5) is 24.5. The molecule has 2 heterocycles. The number of benzene rings is 2. The molecule has 1 fully saturated rings. The molecule has 1 amide bonds. The number of carbonyl (C=O) groups excluding carboxylic acids is 2. The number of anilines is 1. The van der Waals surface area contributed by atoms with Crippen LogP contribution in [-0.2, 0) is 14.8 Å². The number of sulfonamides is 1. The molecule has 29 heavy (non-hydrogen) atoms. The van der Waals surface area contributed by atoms with Gasteiger partial charge in [0.05, 0.1) is 10.6 Å². The number of Topliss-reactive ketones (excluding diaryl/α,β-unsaturated/α-hetero) is 1. The summed E-state index contributed by atoms with van der Waals surface area (Å²) in [6.45, 7) is 0.478. The topological polar surface area (TPSA) is 92.8 Å². The van der Waals surface area contributed by atoms with Crippen molar-refractivity contribution in [3.05, 3.63) is 53.1 Å². The minimum absolute atomic E-state index is 0.0418. The molecule has 1 saturated heterocycles. The molecule has 0 aromatic heterocycles. The lowest BCUT2D eigenvalue weighted by molar-refractivity contribution is -0.118. The van der Waals surface area contributed by atoms with E-state index in [9.17, 15) is 18.0 Å². The van der Waals surface area contributed by atoms with Crippen LogP contribution < -0.4 is 10.1 Å². The summed E-state index contributed by atoms with van der Waals surface area (Å²) in [7, 11) is -3.64. The Labute approximate surface area is 173 Å². The molecule has 2 aromatic carbocycles. The predicted octanol–water partition coefficient (Wildman–Crippen LogP) is 2.95. The number of hydrogen-bond acceptors (Lipinski definition) is 5. The maximum atomic E-state index is 12.9. The lowest BCUT2D eigenvalue weighted by Gasteiger charge is -2.30. The third kappa shape index (κ3) is 4.01. The van der Waals surface area contributed by atoms with E-state index in [2.05, 4.69) is 5.32 Å². The molecular weight excluding hydrogens is 416 g/mol. The second-order valence-corrected chi connectivity index (χ2v) is 9.42. The molecule has 9 heteroatoms. The van der Waals surface area contributed by atoms with E-state index >= 15 is 0 Å². The molecule has 0 atom stereocenters. The Morgan fingerprint density at radius 1 is 1.14 bits per heavy atom. The summed E-state index contributed by atoms with van der Waals surface area (Å²) in [6, 6.07) is 11.1. The molecule has 2 aliphatic rings. The number of rotatable bonds is 4. The largest absolute Gasteiger partial charge is 0.482 e. The van der Waals surface area contributed by atoms with Crippen LogP contribution in [0.4, 0.5) is 5.69 Å². The van der Waals surface area contributed by atoms with Crippen LogP contribution in [0, 0.1) is 5.92 Å². The predicted molar refractivity (Wildman–Crippen MR) is 108 cm³/mol. The smallest absolute Gasteiger partial charge is 0.262 e. The highest BCUT2D eigenvalue weighted by Gasteiger charge is 2.33. The molecule has 152 valence electrons. The zero-order valence-corrected chi connectivity index (χ0v) is 17.0. The molecule has 0 unspecified atom stereocenters. The minimum Gasteiger partial charge on any atom is -0.482 e. The highest BCUT2D eigenvalue weighted by Crippen LogP contribution is 2.32. The van der Waals surface area contributed by atoms with Gasteiger partial charge in [-0.2, -0.15) is 4.31 Å². The van der Waals surface area contributed by atoms with Gasteiger partial charge in [0.2, 0.25) is 10.0 Å². The van der Waals surface area contributed by atoms with Gasteiger partial charge in [-0.05, 0) is 49.2 Å². The standard InChI is InChI=1S/C20H19ClN2O5S/c21-15-2-1-3-16(11-15)29(26,27)23-8-6-13(7-9-23)20(25)14-4-5-18-17(10-14)22-19(24)12-28-18/h1-5,10-11,13H,6-9,12H2,(H,22,24). The highest BCUT2D eigenvalue weighted by molar-refractivity contribution is 7.89. The van der Waals surface area contributed by atoms with Gasteiger partial charge in [-0.25, -0.2) is 8.42 Å². The molecule has 1 N–H and O–H groups in total. The molecule has 7 nitrogen and oxygen atoms in total. The second kappa shape index (κ2) is 7.78. The van der Waals surface area contributed by atoms with Crippen molar-refractivity contribution in [2.24, 2.45) is 5.92 Å². The van der Waals surface area contributed by atoms with Gasteiger partial charge in [0.1, 0.15) is 5.75 Å². The number of carbonyl (C=O) groups is 2. The number of halogens is 1. The minimum atomic E-state index is -3.64. The average molecular weight is 435 g/mol. The van der Waals surface area contributed by atoms with Crippen LogP contribution in [0.25, 0.3) is 0 Å². The lowest BCUT2D eigenvalue weighted by atomic mass is 9.89. The molecule has 0 radical (unpaired) electrons. The first-order valence-corrected chi connectivity index (χ1v) is 11.0. The number of ketones is 1. The first kappa shape index (κ1) is 19.9. The van der Waals surface area contributed by atoms with Gasteiger partial charge in [-0.1, -0.05) is 17.7 Å². The molecule has 2 aromatic rings. The number of nitrogens with zero attached hydrogens (tertiary/aromatic N) is 1. The van der Waals surface area contributed by atoms with Crippen molar-refractivity contribution in [3.63, 3.8) is 0 Å². The Bertz CT molecular complexity index is 1080. The summed E-state index contributed by atoms with van der Waals surface area (Å²) in [5.41, 5.74) is 0.957. The van der Waals surface area contributed by atoms with Crippen molar-refractivity contribution in [2.45, 2.75) is 17.7 Å². The maximum absolute atomic E-state index is 12.9. The summed E-state index contributed by atoms with van der Waals surface area (Å²) < 4.78 is 32.3. The highest BCUT2D eigenvalue weighted by atomic mass is 35.5. The monoisotopic (exact) mass is 434 g/mol. The third-order valence-electron chi connectivity index (χ3n) is 5.16. The molecule has 0 bridgehead atoms. The van der Waals surface area contributed by atoms with E-state index in [0.717, 1.165) is 0 Å². The summed E-state index contributed by atoms with van der Waals surface area (Å²) >= 11 is 5.92. The fourth-order valence-electron chi connectivity index (χ4n) is 3.61. The molecular formula is C20H19ClN2O5S. The Morgan fingerprint density at radius 3 is 2.62 bits per heavy atom. The Morgan fingerprint density at radius 2 is 1.90 bits per heavy atom. The van der Waals surface area contributed by atoms with Gasteiger partial charge in [-0.15, -0.1) is 0 Å². The van der Waals surface area contributed by atoms with Crippen molar-refractivity contribution in [1.29, 1.82) is 0 Å². The second-order valence-electron chi connectivity index (χ2n) is 7.05. The quantitative estimate of drug-likeness (QED) is 0.747. The van der Waals surface area contributed by atoms with Gasteiger partial charge in [0, 0.05) is 29.6 Å². The number of piperidine rings is 1. The fourth-order valence-corrected chi connectivity index (χ4v) is 5.38. The van der Waals surface area contributed by atoms with Crippen LogP contribution in [0.15, 0.2) is 47.4 Å². The van der Waals surface area contributed by atoms with Crippen LogP contribution >= 0.6 is 11.6 Å². The fraction of sp³-hybridized carbons (Fsp3) is 0.300. The first-order chi connectivity index (χ1) is 13.8. The van der Waals surface area contributed by atoms with Crippen molar-refractivity contribution >= 4 is 39.0 Å². The van der Waals surface area contributed by atoms with Gasteiger partial charge in [0.25, 0.3) is 5.91 Å². The average Bonchev–Trinajstić information content (AvgIpc) is 2.72. The summed E-state index contributed by atoms with van der Waals surface area (Å²) in [6.07, 6.45) is 0.858. The van der Waals surface area contributed by atoms with Gasteiger partial charge < -0.3 is 10.1 Å². The van der Waals surface area contributed by atoms with E-state index in [4.69, 9.17) is 16.3 Å². The maximum Gasteiger partial charge on any atom is 0.262 e. The van der Waals surface area contributed by atoms with Crippen LogP contribution in [0.1, 0.15) is 23.2 Å². The molecule has 2 aliphatic heterocycles. The van der Waals surface area contributed by atoms with Crippen LogP contribution in [0.2, 0.25) is 5.02 Å². The van der Waals surface area contributed by atoms with Crippen molar-refractivity contribution in [2.75, 3.05) is 25.0 Å². The van der Waals surface area contributed by atoms with Crippen molar-refractivity contribution < 1.29 is 22.7 Å². The Hall–Kier alpha value is -2.42. The van der Waals surface area contributed by atoms with Crippen molar-refractivity contribution in [1.82, 2.24) is 4.31 Å². The SMILES string of the molecule is O=C1COc2ccc(C(=O)C3CCN(S(=O)(=O)c4cccc(Cl)c4)CC3)cc2N1. The number of hydrogen-bond donors (Lipinski definition) is 1. The van der Waals surface area contributed by atoms with E-state index < -0.39 is 10.0 Å². The molecule has 0 spiro atoms. The molecule has 0 saturated carbocycles. The van der Waals surface area contributed by atoms with Gasteiger partial charge >= 0.3 is 0 Å². The Kier molecular flexibility index (Phi) is 5.33. The number of fused-ring (bicyclic) bond motifs is 1. The summed E-state index contributed by atoms with van der Waals surface area (Å²) in [5, 5.41) is 3.05. The van der Waals surface area contributed by atoms with E-state index in [1.807, 2.05) is 0 Å². The third-order valence-corrected chi connectivity index (χ3v) is 7.29. The van der Waals surface area contributed by atoms with E-state index in [1.54, 1.807) is 30.3 Å². The van der Waals surface area contributed by atoms with Crippen LogP contribution in [-0.4, -0.2) is 44.1 Å². The zero-order chi connectivity index (χ0) is 20.6. The number of nitrogens with one attached hydrogen (secondary N) is 1. The van der Waals surface area contributed by atoms with E-state index in [0.29, 0.717) is 34.9 Å². The summed E-state index contributed by atoms with van der Waals surface area (Å²) in [5.74, 6) is -0.0725. The number of ether oxygens (including phenoxy) is 1. The molecule has 4 rings (SSSR count). The first-order valence-electron chi connectivity index (χ1n) is 9.21. The van der Waals surface area contributed by atoms with E-state index in [-0.39, 0.29) is 42.2 Å². The zero-order valence-electron chi connectivity index (χ0n) is 15.4. The normalized spacial score (nSPS) is 17.9. The van der Waals surface area contributed by atoms with Gasteiger partial charge in [-0.3, -0.25) is 9.59 Å². The van der Waals surface area contributed by atoms with E-state index in [1.165, 1.54) is 16.4 Å². The lowest BCUT2D eigenvalue weighted by Crippen LogP contribution is -2.40. The molecule has 0 aliphatic carbocycles. The Balaban J connectivity index is 1.45. The van der Waals surface area contributed by atoms with Crippen LogP contribution in [0.5, 0.6) is 5.75 Å². The van der Waals surface area contributed by atoms with Crippen molar-refractivity contribution in [3.8, 4) is 5.75 Å².